The molecule has 26 heavy (non-hydrogen) atoms. The van der Waals surface area contributed by atoms with Crippen molar-refractivity contribution in [2.45, 2.75) is 13.1 Å². The van der Waals surface area contributed by atoms with Gasteiger partial charge in [-0.15, -0.1) is 0 Å². The lowest BCUT2D eigenvalue weighted by atomic mass is 10.2. The van der Waals surface area contributed by atoms with Gasteiger partial charge >= 0.3 is 0 Å². The van der Waals surface area contributed by atoms with E-state index in [1.165, 1.54) is 11.6 Å². The van der Waals surface area contributed by atoms with E-state index in [9.17, 15) is 4.79 Å². The maximum atomic E-state index is 12.3. The second-order valence-electron chi connectivity index (χ2n) is 6.05. The van der Waals surface area contributed by atoms with E-state index < -0.39 is 0 Å². The average Bonchev–Trinajstić information content (AvgIpc) is 2.70. The van der Waals surface area contributed by atoms with E-state index in [0.29, 0.717) is 19.6 Å². The number of nitrogens with zero attached hydrogens (tertiary/aromatic N) is 2. The van der Waals surface area contributed by atoms with E-state index in [0.717, 1.165) is 17.8 Å². The molecule has 0 saturated carbocycles. The van der Waals surface area contributed by atoms with Gasteiger partial charge in [0.2, 0.25) is 5.91 Å². The standard InChI is InChI=1S/C23H26N2O/c1-4-20(3)24(18-21-12-8-6-9-13-21)16-17-25(23(26)5-2)19-22-14-10-7-11-15-22/h4-15H,1-3,16-19H2. The molecule has 1 amide bonds. The summed E-state index contributed by atoms with van der Waals surface area (Å²) in [6, 6.07) is 20.2. The van der Waals surface area contributed by atoms with Crippen LogP contribution in [0, 0.1) is 0 Å². The SMILES string of the molecule is C=CC(=C)N(CCN(Cc1ccccc1)C(=O)C=C)Cc1ccccc1. The monoisotopic (exact) mass is 346 g/mol. The summed E-state index contributed by atoms with van der Waals surface area (Å²) in [5.41, 5.74) is 3.14. The summed E-state index contributed by atoms with van der Waals surface area (Å²) in [6.45, 7) is 14.1. The molecule has 0 radical (unpaired) electrons. The van der Waals surface area contributed by atoms with Gasteiger partial charge in [0, 0.05) is 31.9 Å². The number of rotatable bonds is 10. The molecule has 0 aliphatic carbocycles. The van der Waals surface area contributed by atoms with Gasteiger partial charge in [0.25, 0.3) is 0 Å². The molecule has 0 aliphatic heterocycles. The van der Waals surface area contributed by atoms with Crippen molar-refractivity contribution in [1.29, 1.82) is 0 Å². The lowest BCUT2D eigenvalue weighted by Gasteiger charge is -2.29. The largest absolute Gasteiger partial charge is 0.366 e. The number of carbonyl (C=O) groups is 1. The molecule has 3 nitrogen and oxygen atoms in total. The highest BCUT2D eigenvalue weighted by Gasteiger charge is 2.14. The summed E-state index contributed by atoms with van der Waals surface area (Å²) in [4.78, 5) is 16.2. The van der Waals surface area contributed by atoms with Crippen LogP contribution in [-0.2, 0) is 17.9 Å². The predicted octanol–water partition coefficient (Wildman–Crippen LogP) is 4.40. The molecule has 0 saturated heterocycles. The van der Waals surface area contributed by atoms with Crippen LogP contribution in [0.1, 0.15) is 11.1 Å². The highest BCUT2D eigenvalue weighted by molar-refractivity contribution is 5.86. The Bertz CT molecular complexity index is 672. The first-order valence-electron chi connectivity index (χ1n) is 8.69. The Morgan fingerprint density at radius 3 is 1.69 bits per heavy atom. The van der Waals surface area contributed by atoms with Gasteiger partial charge in [0.15, 0.2) is 0 Å². The Hall–Kier alpha value is -3.07. The van der Waals surface area contributed by atoms with Crippen molar-refractivity contribution in [1.82, 2.24) is 9.80 Å². The van der Waals surface area contributed by atoms with Crippen LogP contribution in [0.3, 0.4) is 0 Å². The predicted molar refractivity (Wildman–Crippen MR) is 108 cm³/mol. The molecule has 3 heteroatoms. The zero-order chi connectivity index (χ0) is 18.8. The lowest BCUT2D eigenvalue weighted by Crippen LogP contribution is -2.36. The molecule has 0 aliphatic rings. The maximum Gasteiger partial charge on any atom is 0.246 e. The fourth-order valence-electron chi connectivity index (χ4n) is 2.70. The Balaban J connectivity index is 2.06. The maximum absolute atomic E-state index is 12.3. The van der Waals surface area contributed by atoms with E-state index in [-0.39, 0.29) is 5.91 Å². The third-order valence-corrected chi connectivity index (χ3v) is 4.20. The van der Waals surface area contributed by atoms with Gasteiger partial charge in [-0.3, -0.25) is 4.79 Å². The van der Waals surface area contributed by atoms with E-state index in [1.807, 2.05) is 48.5 Å². The highest BCUT2D eigenvalue weighted by Crippen LogP contribution is 2.12. The van der Waals surface area contributed by atoms with E-state index >= 15 is 0 Å². The Labute approximate surface area is 156 Å². The van der Waals surface area contributed by atoms with Gasteiger partial charge in [0.05, 0.1) is 0 Å². The zero-order valence-corrected chi connectivity index (χ0v) is 15.2. The summed E-state index contributed by atoms with van der Waals surface area (Å²) < 4.78 is 0. The van der Waals surface area contributed by atoms with Crippen LogP contribution in [0.15, 0.2) is 98.2 Å². The molecule has 0 aromatic heterocycles. The molecule has 2 aromatic carbocycles. The first kappa shape index (κ1) is 19.3. The van der Waals surface area contributed by atoms with Crippen molar-refractivity contribution in [3.05, 3.63) is 109 Å². The summed E-state index contributed by atoms with van der Waals surface area (Å²) in [6.07, 6.45) is 3.12. The molecular weight excluding hydrogens is 320 g/mol. The number of hydrogen-bond donors (Lipinski definition) is 0. The van der Waals surface area contributed by atoms with Crippen molar-refractivity contribution in [3.8, 4) is 0 Å². The van der Waals surface area contributed by atoms with Crippen molar-refractivity contribution in [2.75, 3.05) is 13.1 Å². The van der Waals surface area contributed by atoms with Crippen LogP contribution < -0.4 is 0 Å². The first-order chi connectivity index (χ1) is 12.6. The molecule has 0 fully saturated rings. The van der Waals surface area contributed by atoms with E-state index in [4.69, 9.17) is 0 Å². The van der Waals surface area contributed by atoms with Gasteiger partial charge < -0.3 is 9.80 Å². The third-order valence-electron chi connectivity index (χ3n) is 4.20. The van der Waals surface area contributed by atoms with Crippen LogP contribution >= 0.6 is 0 Å². The Kier molecular flexibility index (Phi) is 7.44. The Morgan fingerprint density at radius 1 is 0.769 bits per heavy atom. The van der Waals surface area contributed by atoms with Gasteiger partial charge in [-0.2, -0.15) is 0 Å². The van der Waals surface area contributed by atoms with E-state index in [1.54, 1.807) is 11.0 Å². The van der Waals surface area contributed by atoms with Crippen LogP contribution in [-0.4, -0.2) is 28.8 Å². The smallest absolute Gasteiger partial charge is 0.246 e. The van der Waals surface area contributed by atoms with Gasteiger partial charge in [0.1, 0.15) is 0 Å². The quantitative estimate of drug-likeness (QED) is 0.470. The molecule has 0 unspecified atom stereocenters. The zero-order valence-electron chi connectivity index (χ0n) is 15.2. The van der Waals surface area contributed by atoms with Gasteiger partial charge in [-0.05, 0) is 23.3 Å². The minimum Gasteiger partial charge on any atom is -0.366 e. The van der Waals surface area contributed by atoms with Crippen LogP contribution in [0.25, 0.3) is 0 Å². The van der Waals surface area contributed by atoms with Crippen molar-refractivity contribution in [2.24, 2.45) is 0 Å². The van der Waals surface area contributed by atoms with Crippen LogP contribution in [0.5, 0.6) is 0 Å². The minimum absolute atomic E-state index is 0.0715. The number of allylic oxidation sites excluding steroid dienone is 1. The Morgan fingerprint density at radius 2 is 1.23 bits per heavy atom. The fourth-order valence-corrected chi connectivity index (χ4v) is 2.70. The summed E-state index contributed by atoms with van der Waals surface area (Å²) in [7, 11) is 0. The van der Waals surface area contributed by atoms with Crippen LogP contribution in [0.4, 0.5) is 0 Å². The average molecular weight is 346 g/mol. The van der Waals surface area contributed by atoms with Crippen LogP contribution in [0.2, 0.25) is 0 Å². The fraction of sp³-hybridized carbons (Fsp3) is 0.174. The second-order valence-corrected chi connectivity index (χ2v) is 6.05. The molecule has 0 N–H and O–H groups in total. The molecule has 0 heterocycles. The summed E-state index contributed by atoms with van der Waals surface area (Å²) >= 11 is 0. The molecule has 0 spiro atoms. The molecular formula is C23H26N2O. The van der Waals surface area contributed by atoms with Gasteiger partial charge in [-0.1, -0.05) is 80.4 Å². The number of benzene rings is 2. The molecule has 134 valence electrons. The number of hydrogen-bond acceptors (Lipinski definition) is 2. The summed E-state index contributed by atoms with van der Waals surface area (Å²) in [5.74, 6) is -0.0715. The number of carbonyl (C=O) groups excluding carboxylic acids is 1. The molecule has 2 rings (SSSR count). The highest BCUT2D eigenvalue weighted by atomic mass is 16.2. The number of amides is 1. The molecule has 0 bridgehead atoms. The van der Waals surface area contributed by atoms with Crippen molar-refractivity contribution in [3.63, 3.8) is 0 Å². The lowest BCUT2D eigenvalue weighted by molar-refractivity contribution is -0.126. The van der Waals surface area contributed by atoms with Crippen molar-refractivity contribution < 1.29 is 4.79 Å². The molecule has 2 aromatic rings. The van der Waals surface area contributed by atoms with E-state index in [2.05, 4.69) is 36.8 Å². The topological polar surface area (TPSA) is 23.6 Å². The van der Waals surface area contributed by atoms with Gasteiger partial charge in [-0.25, -0.2) is 0 Å². The van der Waals surface area contributed by atoms with Crippen molar-refractivity contribution >= 4 is 5.91 Å². The summed E-state index contributed by atoms with van der Waals surface area (Å²) in [5, 5.41) is 0. The second kappa shape index (κ2) is 10.0. The first-order valence-corrected chi connectivity index (χ1v) is 8.69. The normalized spacial score (nSPS) is 10.0. The minimum atomic E-state index is -0.0715. The third kappa shape index (κ3) is 5.78. The molecule has 0 atom stereocenters.